The Morgan fingerprint density at radius 2 is 1.87 bits per heavy atom. The summed E-state index contributed by atoms with van der Waals surface area (Å²) in [5, 5.41) is 13.3. The number of anilines is 1. The molecule has 5 rings (SSSR count). The summed E-state index contributed by atoms with van der Waals surface area (Å²) < 4.78 is 0.944. The predicted octanol–water partition coefficient (Wildman–Crippen LogP) is 5.29. The van der Waals surface area contributed by atoms with Crippen LogP contribution in [0, 0.1) is 6.92 Å². The van der Waals surface area contributed by atoms with Gasteiger partial charge in [-0.3, -0.25) is 14.5 Å². The summed E-state index contributed by atoms with van der Waals surface area (Å²) in [6, 6.07) is 17.7. The van der Waals surface area contributed by atoms with Crippen LogP contribution in [0.5, 0.6) is 0 Å². The molecule has 0 saturated carbocycles. The Bertz CT molecular complexity index is 1310. The Morgan fingerprint density at radius 3 is 2.60 bits per heavy atom. The lowest BCUT2D eigenvalue weighted by atomic mass is 10.00. The third-order valence-corrected chi connectivity index (χ3v) is 6.99. The number of thiophene rings is 1. The van der Waals surface area contributed by atoms with Gasteiger partial charge in [0, 0.05) is 10.4 Å². The predicted molar refractivity (Wildman–Crippen MR) is 120 cm³/mol. The number of ketones is 1. The molecule has 1 atom stereocenters. The number of hydrogen-bond acceptors (Lipinski definition) is 6. The number of nitrogens with zero attached hydrogens (tertiary/aromatic N) is 2. The average molecular weight is 433 g/mol. The van der Waals surface area contributed by atoms with Crippen LogP contribution in [0.25, 0.3) is 16.0 Å². The maximum Gasteiger partial charge on any atom is 0.301 e. The van der Waals surface area contributed by atoms with Gasteiger partial charge in [-0.2, -0.15) is 0 Å². The van der Waals surface area contributed by atoms with Crippen LogP contribution in [0.15, 0.2) is 71.6 Å². The molecule has 148 valence electrons. The Hall–Kier alpha value is -3.29. The van der Waals surface area contributed by atoms with Crippen molar-refractivity contribution in [2.75, 3.05) is 4.90 Å². The largest absolute Gasteiger partial charge is 0.507 e. The van der Waals surface area contributed by atoms with Gasteiger partial charge in [-0.15, -0.1) is 11.3 Å². The Kier molecular flexibility index (Phi) is 4.49. The van der Waals surface area contributed by atoms with Crippen molar-refractivity contribution in [3.63, 3.8) is 0 Å². The number of Topliss-reactive ketones (excluding diaryl/α,β-unsaturated/α-hetero) is 1. The molecule has 0 spiro atoms. The number of benzene rings is 2. The van der Waals surface area contributed by atoms with E-state index in [0.717, 1.165) is 20.7 Å². The second-order valence-electron chi connectivity index (χ2n) is 7.02. The topological polar surface area (TPSA) is 70.5 Å². The van der Waals surface area contributed by atoms with Gasteiger partial charge in [0.2, 0.25) is 0 Å². The molecule has 7 heteroatoms. The number of thiazole rings is 1. The zero-order valence-electron chi connectivity index (χ0n) is 15.9. The summed E-state index contributed by atoms with van der Waals surface area (Å²) in [6.45, 7) is 2.00. The number of aliphatic hydroxyl groups is 1. The number of aryl methyl sites for hydroxylation is 1. The Labute approximate surface area is 180 Å². The molecule has 1 fully saturated rings. The second-order valence-corrected chi connectivity index (χ2v) is 9.01. The zero-order chi connectivity index (χ0) is 20.8. The lowest BCUT2D eigenvalue weighted by Crippen LogP contribution is -2.28. The third-order valence-electron chi connectivity index (χ3n) is 5.04. The van der Waals surface area contributed by atoms with Gasteiger partial charge in [-0.05, 0) is 36.1 Å². The third kappa shape index (κ3) is 2.94. The van der Waals surface area contributed by atoms with Crippen molar-refractivity contribution in [3.8, 4) is 0 Å². The van der Waals surface area contributed by atoms with E-state index in [2.05, 4.69) is 4.98 Å². The van der Waals surface area contributed by atoms with Crippen LogP contribution in [0.3, 0.4) is 0 Å². The normalized spacial score (nSPS) is 18.4. The molecular weight excluding hydrogens is 416 g/mol. The monoisotopic (exact) mass is 432 g/mol. The van der Waals surface area contributed by atoms with Crippen molar-refractivity contribution in [2.45, 2.75) is 13.0 Å². The summed E-state index contributed by atoms with van der Waals surface area (Å²) in [6.07, 6.45) is 0. The minimum Gasteiger partial charge on any atom is -0.507 e. The van der Waals surface area contributed by atoms with Gasteiger partial charge in [0.25, 0.3) is 5.78 Å². The van der Waals surface area contributed by atoms with Gasteiger partial charge in [0.05, 0.1) is 15.8 Å². The summed E-state index contributed by atoms with van der Waals surface area (Å²) in [4.78, 5) is 33.0. The molecule has 3 heterocycles. The molecule has 4 aromatic rings. The number of amides is 1. The van der Waals surface area contributed by atoms with E-state index in [9.17, 15) is 14.7 Å². The Balaban J connectivity index is 1.72. The maximum atomic E-state index is 13.1. The lowest BCUT2D eigenvalue weighted by molar-refractivity contribution is -0.132. The number of rotatable bonds is 3. The molecule has 0 aliphatic carbocycles. The van der Waals surface area contributed by atoms with Gasteiger partial charge >= 0.3 is 5.91 Å². The van der Waals surface area contributed by atoms with E-state index >= 15 is 0 Å². The number of hydrogen-bond donors (Lipinski definition) is 1. The molecule has 2 aromatic carbocycles. The van der Waals surface area contributed by atoms with Crippen molar-refractivity contribution in [1.82, 2.24) is 4.98 Å². The minimum absolute atomic E-state index is 0.0871. The quantitative estimate of drug-likeness (QED) is 0.271. The maximum absolute atomic E-state index is 13.1. The average Bonchev–Trinajstić information content (AvgIpc) is 3.47. The minimum atomic E-state index is -0.716. The second kappa shape index (κ2) is 7.19. The molecule has 1 N–H and O–H groups in total. The van der Waals surface area contributed by atoms with E-state index in [-0.39, 0.29) is 11.3 Å². The van der Waals surface area contributed by atoms with Gasteiger partial charge < -0.3 is 5.11 Å². The van der Waals surface area contributed by atoms with E-state index in [1.165, 1.54) is 27.6 Å². The number of aromatic nitrogens is 1. The van der Waals surface area contributed by atoms with E-state index in [1.54, 1.807) is 24.3 Å². The molecule has 1 aliphatic rings. The van der Waals surface area contributed by atoms with Crippen LogP contribution < -0.4 is 4.90 Å². The van der Waals surface area contributed by atoms with Crippen LogP contribution in [0.4, 0.5) is 5.13 Å². The van der Waals surface area contributed by atoms with Crippen molar-refractivity contribution in [2.24, 2.45) is 0 Å². The van der Waals surface area contributed by atoms with Crippen LogP contribution in [-0.2, 0) is 9.59 Å². The fraction of sp³-hybridized carbons (Fsp3) is 0.0870. The van der Waals surface area contributed by atoms with Gasteiger partial charge in [-0.1, -0.05) is 53.8 Å². The first-order chi connectivity index (χ1) is 14.5. The van der Waals surface area contributed by atoms with Crippen molar-refractivity contribution in [1.29, 1.82) is 0 Å². The standard InChI is InChI=1S/C23H16N2O3S2/c1-13-9-10-15-17(12-13)30-23(24-15)25-19(16-8-5-11-29-16)18(21(27)22(25)28)20(26)14-6-3-2-4-7-14/h2-12,19,26H,1H3. The number of carbonyl (C=O) groups excluding carboxylic acids is 2. The molecule has 1 saturated heterocycles. The molecule has 1 aliphatic heterocycles. The summed E-state index contributed by atoms with van der Waals surface area (Å²) in [5.41, 5.74) is 2.45. The van der Waals surface area contributed by atoms with Gasteiger partial charge in [0.1, 0.15) is 11.8 Å². The van der Waals surface area contributed by atoms with E-state index < -0.39 is 17.7 Å². The summed E-state index contributed by atoms with van der Waals surface area (Å²) >= 11 is 2.80. The first kappa shape index (κ1) is 18.7. The summed E-state index contributed by atoms with van der Waals surface area (Å²) in [7, 11) is 0. The Morgan fingerprint density at radius 1 is 1.07 bits per heavy atom. The highest BCUT2D eigenvalue weighted by Gasteiger charge is 2.48. The molecule has 1 unspecified atom stereocenters. The number of fused-ring (bicyclic) bond motifs is 1. The molecular formula is C23H16N2O3S2. The highest BCUT2D eigenvalue weighted by atomic mass is 32.1. The molecule has 5 nitrogen and oxygen atoms in total. The zero-order valence-corrected chi connectivity index (χ0v) is 17.5. The fourth-order valence-electron chi connectivity index (χ4n) is 3.62. The highest BCUT2D eigenvalue weighted by Crippen LogP contribution is 2.45. The summed E-state index contributed by atoms with van der Waals surface area (Å²) in [5.74, 6) is -1.56. The van der Waals surface area contributed by atoms with Crippen LogP contribution in [0.1, 0.15) is 22.0 Å². The van der Waals surface area contributed by atoms with Gasteiger partial charge in [0.15, 0.2) is 5.13 Å². The van der Waals surface area contributed by atoms with Crippen molar-refractivity contribution in [3.05, 3.63) is 87.6 Å². The van der Waals surface area contributed by atoms with Crippen LogP contribution >= 0.6 is 22.7 Å². The number of carbonyl (C=O) groups is 2. The molecule has 0 radical (unpaired) electrons. The highest BCUT2D eigenvalue weighted by molar-refractivity contribution is 7.22. The first-order valence-electron chi connectivity index (χ1n) is 9.31. The van der Waals surface area contributed by atoms with Crippen LogP contribution in [0.2, 0.25) is 0 Å². The lowest BCUT2D eigenvalue weighted by Gasteiger charge is -2.21. The molecule has 1 amide bonds. The SMILES string of the molecule is Cc1ccc2nc(N3C(=O)C(=O)C(=C(O)c4ccccc4)C3c3cccs3)sc2c1. The first-order valence-corrected chi connectivity index (χ1v) is 11.0. The van der Waals surface area contributed by atoms with Crippen molar-refractivity contribution >= 4 is 55.5 Å². The van der Waals surface area contributed by atoms with Crippen LogP contribution in [-0.4, -0.2) is 21.8 Å². The fourth-order valence-corrected chi connectivity index (χ4v) is 5.53. The van der Waals surface area contributed by atoms with Gasteiger partial charge in [-0.25, -0.2) is 4.98 Å². The smallest absolute Gasteiger partial charge is 0.301 e. The molecule has 0 bridgehead atoms. The van der Waals surface area contributed by atoms with E-state index in [4.69, 9.17) is 0 Å². The molecule has 30 heavy (non-hydrogen) atoms. The molecule has 2 aromatic heterocycles. The van der Waals surface area contributed by atoms with E-state index in [1.807, 2.05) is 48.7 Å². The number of aliphatic hydroxyl groups excluding tert-OH is 1. The van der Waals surface area contributed by atoms with Crippen molar-refractivity contribution < 1.29 is 14.7 Å². The van der Waals surface area contributed by atoms with E-state index in [0.29, 0.717) is 10.7 Å².